The van der Waals surface area contributed by atoms with Gasteiger partial charge < -0.3 is 4.79 Å². The topological polar surface area (TPSA) is 34.9 Å². The lowest BCUT2D eigenvalue weighted by Crippen LogP contribution is -2.08. The van der Waals surface area contributed by atoms with Crippen molar-refractivity contribution < 1.29 is 18.0 Å². The summed E-state index contributed by atoms with van der Waals surface area (Å²) in [5.41, 5.74) is -0.876. The Bertz CT molecular complexity index is 357. The summed E-state index contributed by atoms with van der Waals surface area (Å²) in [6.45, 7) is 1.90. The van der Waals surface area contributed by atoms with Gasteiger partial charge in [0.05, 0.1) is 0 Å². The maximum Gasteiger partial charge on any atom is 0.435 e. The standard InChI is InChI=1S/C10H13F3N2O/c1-8(16)4-2-3-6-15-7-5-9(14-15)10(11,12)13/h5,7H,2-4,6H2,1H3. The normalized spacial score (nSPS) is 11.8. The first-order valence-electron chi connectivity index (χ1n) is 4.99. The van der Waals surface area contributed by atoms with Crippen LogP contribution in [0.4, 0.5) is 13.2 Å². The van der Waals surface area contributed by atoms with Gasteiger partial charge in [0.15, 0.2) is 5.69 Å². The molecular formula is C10H13F3N2O. The van der Waals surface area contributed by atoms with Crippen molar-refractivity contribution in [3.63, 3.8) is 0 Å². The van der Waals surface area contributed by atoms with E-state index in [2.05, 4.69) is 5.10 Å². The first-order chi connectivity index (χ1) is 7.39. The molecule has 16 heavy (non-hydrogen) atoms. The number of ketones is 1. The van der Waals surface area contributed by atoms with E-state index in [9.17, 15) is 18.0 Å². The molecule has 0 spiro atoms. The van der Waals surface area contributed by atoms with Gasteiger partial charge in [0.2, 0.25) is 0 Å². The minimum Gasteiger partial charge on any atom is -0.300 e. The lowest BCUT2D eigenvalue weighted by atomic mass is 10.2. The van der Waals surface area contributed by atoms with Crippen molar-refractivity contribution in [1.29, 1.82) is 0 Å². The van der Waals surface area contributed by atoms with Crippen LogP contribution in [-0.4, -0.2) is 15.6 Å². The van der Waals surface area contributed by atoms with Crippen LogP contribution in [0, 0.1) is 0 Å². The molecule has 0 saturated heterocycles. The number of halogens is 3. The molecule has 0 atom stereocenters. The molecule has 1 aromatic heterocycles. The van der Waals surface area contributed by atoms with E-state index >= 15 is 0 Å². The molecule has 3 nitrogen and oxygen atoms in total. The van der Waals surface area contributed by atoms with E-state index < -0.39 is 11.9 Å². The van der Waals surface area contributed by atoms with E-state index in [-0.39, 0.29) is 5.78 Å². The maximum atomic E-state index is 12.2. The van der Waals surface area contributed by atoms with Gasteiger partial charge in [-0.1, -0.05) is 0 Å². The Labute approximate surface area is 91.3 Å². The monoisotopic (exact) mass is 234 g/mol. The smallest absolute Gasteiger partial charge is 0.300 e. The number of carbonyl (C=O) groups excluding carboxylic acids is 1. The van der Waals surface area contributed by atoms with Crippen LogP contribution in [0.2, 0.25) is 0 Å². The number of aromatic nitrogens is 2. The highest BCUT2D eigenvalue weighted by Gasteiger charge is 2.33. The van der Waals surface area contributed by atoms with Crippen molar-refractivity contribution in [1.82, 2.24) is 9.78 Å². The van der Waals surface area contributed by atoms with Gasteiger partial charge >= 0.3 is 6.18 Å². The largest absolute Gasteiger partial charge is 0.435 e. The van der Waals surface area contributed by atoms with Crippen molar-refractivity contribution in [2.45, 2.75) is 38.9 Å². The number of nitrogens with zero attached hydrogens (tertiary/aromatic N) is 2. The molecule has 0 amide bonds. The van der Waals surface area contributed by atoms with Gasteiger partial charge in [-0.3, -0.25) is 4.68 Å². The van der Waals surface area contributed by atoms with E-state index in [0.717, 1.165) is 6.07 Å². The maximum absolute atomic E-state index is 12.2. The molecule has 0 aliphatic rings. The van der Waals surface area contributed by atoms with Crippen LogP contribution < -0.4 is 0 Å². The number of aryl methyl sites for hydroxylation is 1. The Balaban J connectivity index is 2.38. The molecular weight excluding hydrogens is 221 g/mol. The van der Waals surface area contributed by atoms with Gasteiger partial charge in [-0.05, 0) is 25.8 Å². The van der Waals surface area contributed by atoms with Crippen LogP contribution in [0.1, 0.15) is 31.9 Å². The van der Waals surface area contributed by atoms with E-state index in [4.69, 9.17) is 0 Å². The zero-order chi connectivity index (χ0) is 12.2. The lowest BCUT2D eigenvalue weighted by Gasteiger charge is -2.02. The van der Waals surface area contributed by atoms with E-state index in [0.29, 0.717) is 25.8 Å². The Hall–Kier alpha value is -1.33. The minimum atomic E-state index is -4.38. The summed E-state index contributed by atoms with van der Waals surface area (Å²) in [7, 11) is 0. The van der Waals surface area contributed by atoms with Crippen LogP contribution in [-0.2, 0) is 17.5 Å². The van der Waals surface area contributed by atoms with Crippen molar-refractivity contribution in [2.75, 3.05) is 0 Å². The summed E-state index contributed by atoms with van der Waals surface area (Å²) in [5, 5.41) is 3.40. The van der Waals surface area contributed by atoms with Crippen LogP contribution in [0.5, 0.6) is 0 Å². The zero-order valence-corrected chi connectivity index (χ0v) is 8.92. The highest BCUT2D eigenvalue weighted by molar-refractivity contribution is 5.75. The second-order valence-electron chi connectivity index (χ2n) is 3.62. The van der Waals surface area contributed by atoms with Crippen molar-refractivity contribution in [2.24, 2.45) is 0 Å². The number of hydrogen-bond acceptors (Lipinski definition) is 2. The van der Waals surface area contributed by atoms with Crippen LogP contribution in [0.15, 0.2) is 12.3 Å². The first kappa shape index (κ1) is 12.7. The molecule has 0 N–H and O–H groups in total. The number of carbonyl (C=O) groups is 1. The SMILES string of the molecule is CC(=O)CCCCn1ccc(C(F)(F)F)n1. The van der Waals surface area contributed by atoms with Crippen LogP contribution in [0.25, 0.3) is 0 Å². The molecule has 0 bridgehead atoms. The number of unbranched alkanes of at least 4 members (excludes halogenated alkanes) is 1. The van der Waals surface area contributed by atoms with Gasteiger partial charge in [-0.15, -0.1) is 0 Å². The van der Waals surface area contributed by atoms with Crippen molar-refractivity contribution in [3.05, 3.63) is 18.0 Å². The Morgan fingerprint density at radius 1 is 1.44 bits per heavy atom. The molecule has 0 unspecified atom stereocenters. The molecule has 0 saturated carbocycles. The molecule has 1 rings (SSSR count). The third-order valence-corrected chi connectivity index (χ3v) is 2.10. The lowest BCUT2D eigenvalue weighted by molar-refractivity contribution is -0.141. The number of alkyl halides is 3. The summed E-state index contributed by atoms with van der Waals surface area (Å²) < 4.78 is 37.8. The molecule has 1 heterocycles. The molecule has 0 fully saturated rings. The van der Waals surface area contributed by atoms with Gasteiger partial charge in [0, 0.05) is 19.2 Å². The molecule has 1 aromatic rings. The molecule has 0 aliphatic heterocycles. The predicted octanol–water partition coefficient (Wildman–Crippen LogP) is 2.66. The first-order valence-corrected chi connectivity index (χ1v) is 4.99. The average molecular weight is 234 g/mol. The summed E-state index contributed by atoms with van der Waals surface area (Å²) in [4.78, 5) is 10.6. The number of Topliss-reactive ketones (excluding diaryl/α,β-unsaturated/α-hetero) is 1. The third kappa shape index (κ3) is 4.04. The number of rotatable bonds is 5. The Morgan fingerprint density at radius 3 is 2.62 bits per heavy atom. The van der Waals surface area contributed by atoms with Crippen molar-refractivity contribution >= 4 is 5.78 Å². The van der Waals surface area contributed by atoms with Gasteiger partial charge in [-0.2, -0.15) is 18.3 Å². The predicted molar refractivity (Wildman–Crippen MR) is 51.8 cm³/mol. The highest BCUT2D eigenvalue weighted by Crippen LogP contribution is 2.27. The summed E-state index contributed by atoms with van der Waals surface area (Å²) in [6.07, 6.45) is -1.29. The van der Waals surface area contributed by atoms with Crippen molar-refractivity contribution in [3.8, 4) is 0 Å². The fourth-order valence-electron chi connectivity index (χ4n) is 1.29. The molecule has 0 aromatic carbocycles. The van der Waals surface area contributed by atoms with Gasteiger partial charge in [0.1, 0.15) is 5.78 Å². The minimum absolute atomic E-state index is 0.0939. The second-order valence-corrected chi connectivity index (χ2v) is 3.62. The van der Waals surface area contributed by atoms with Crippen LogP contribution >= 0.6 is 0 Å². The van der Waals surface area contributed by atoms with E-state index in [1.807, 2.05) is 0 Å². The average Bonchev–Trinajstić information content (AvgIpc) is 2.59. The quantitative estimate of drug-likeness (QED) is 0.734. The van der Waals surface area contributed by atoms with Gasteiger partial charge in [-0.25, -0.2) is 0 Å². The summed E-state index contributed by atoms with van der Waals surface area (Å²) in [5.74, 6) is 0.0939. The number of hydrogen-bond donors (Lipinski definition) is 0. The Morgan fingerprint density at radius 2 is 2.12 bits per heavy atom. The molecule has 0 aliphatic carbocycles. The zero-order valence-electron chi connectivity index (χ0n) is 8.92. The Kier molecular flexibility index (Phi) is 4.09. The highest BCUT2D eigenvalue weighted by atomic mass is 19.4. The summed E-state index contributed by atoms with van der Waals surface area (Å²) in [6, 6.07) is 0.949. The van der Waals surface area contributed by atoms with Gasteiger partial charge in [0.25, 0.3) is 0 Å². The van der Waals surface area contributed by atoms with E-state index in [1.54, 1.807) is 0 Å². The van der Waals surface area contributed by atoms with E-state index in [1.165, 1.54) is 17.8 Å². The molecule has 0 radical (unpaired) electrons. The fraction of sp³-hybridized carbons (Fsp3) is 0.600. The molecule has 6 heteroatoms. The second kappa shape index (κ2) is 5.14. The fourth-order valence-corrected chi connectivity index (χ4v) is 1.29. The third-order valence-electron chi connectivity index (χ3n) is 2.10. The van der Waals surface area contributed by atoms with Crippen LogP contribution in [0.3, 0.4) is 0 Å². The molecule has 90 valence electrons. The summed E-state index contributed by atoms with van der Waals surface area (Å²) >= 11 is 0.